The summed E-state index contributed by atoms with van der Waals surface area (Å²) in [6, 6.07) is 3.29. The van der Waals surface area contributed by atoms with E-state index in [1.807, 2.05) is 11.5 Å². The quantitative estimate of drug-likeness (QED) is 0.797. The zero-order valence-corrected chi connectivity index (χ0v) is 13.0. The first kappa shape index (κ1) is 15.7. The molecule has 116 valence electrons. The molecular formula is C13H20N4O3S. The average molecular weight is 312 g/mol. The Labute approximate surface area is 124 Å². The summed E-state index contributed by atoms with van der Waals surface area (Å²) in [7, 11) is -3.59. The molecule has 2 rings (SSSR count). The van der Waals surface area contributed by atoms with Crippen molar-refractivity contribution < 1.29 is 12.9 Å². The van der Waals surface area contributed by atoms with Crippen LogP contribution in [0.15, 0.2) is 27.7 Å². The number of nitrogens with one attached hydrogen (secondary N) is 1. The second kappa shape index (κ2) is 6.42. The molecular weight excluding hydrogens is 292 g/mol. The molecule has 8 heteroatoms. The van der Waals surface area contributed by atoms with Crippen molar-refractivity contribution in [2.24, 2.45) is 5.73 Å². The Kier molecular flexibility index (Phi) is 4.81. The first-order chi connectivity index (χ1) is 9.96. The molecule has 0 spiro atoms. The Morgan fingerprint density at radius 3 is 2.76 bits per heavy atom. The van der Waals surface area contributed by atoms with Gasteiger partial charge in [-0.2, -0.15) is 0 Å². The van der Waals surface area contributed by atoms with Crippen molar-refractivity contribution in [3.63, 3.8) is 0 Å². The van der Waals surface area contributed by atoms with Crippen LogP contribution in [0.2, 0.25) is 0 Å². The van der Waals surface area contributed by atoms with Gasteiger partial charge in [-0.15, -0.1) is 0 Å². The highest BCUT2D eigenvalue weighted by atomic mass is 32.2. The number of nitrogens with zero attached hydrogens (tertiary/aromatic N) is 2. The maximum Gasteiger partial charge on any atom is 0.242 e. The summed E-state index contributed by atoms with van der Waals surface area (Å²) in [5, 5.41) is 3.75. The smallest absolute Gasteiger partial charge is 0.242 e. The van der Waals surface area contributed by atoms with Crippen LogP contribution in [0, 0.1) is 6.92 Å². The molecule has 3 N–H and O–H groups in total. The molecule has 0 atom stereocenters. The summed E-state index contributed by atoms with van der Waals surface area (Å²) in [6.45, 7) is 4.92. The molecule has 0 aliphatic rings. The molecule has 0 saturated carbocycles. The summed E-state index contributed by atoms with van der Waals surface area (Å²) < 4.78 is 33.8. The fraction of sp³-hybridized carbons (Fsp3) is 0.462. The van der Waals surface area contributed by atoms with Gasteiger partial charge in [0.2, 0.25) is 10.0 Å². The lowest BCUT2D eigenvalue weighted by Crippen LogP contribution is -2.23. The zero-order valence-electron chi connectivity index (χ0n) is 12.2. The SMILES string of the molecule is CCCn1cc(S(=O)(=O)NCc2cc(C)on2)cc1CN. The number of hydrogen-bond donors (Lipinski definition) is 2. The van der Waals surface area contributed by atoms with Crippen LogP contribution in [-0.2, 0) is 29.7 Å². The highest BCUT2D eigenvalue weighted by Gasteiger charge is 2.18. The minimum Gasteiger partial charge on any atom is -0.361 e. The second-order valence-corrected chi connectivity index (χ2v) is 6.59. The third-order valence-corrected chi connectivity index (χ3v) is 4.43. The Morgan fingerprint density at radius 2 is 2.19 bits per heavy atom. The normalized spacial score (nSPS) is 12.0. The fourth-order valence-corrected chi connectivity index (χ4v) is 3.11. The Balaban J connectivity index is 2.15. The lowest BCUT2D eigenvalue weighted by molar-refractivity contribution is 0.390. The van der Waals surface area contributed by atoms with Crippen LogP contribution >= 0.6 is 0 Å². The molecule has 2 heterocycles. The fourth-order valence-electron chi connectivity index (χ4n) is 2.05. The summed E-state index contributed by atoms with van der Waals surface area (Å²) >= 11 is 0. The average Bonchev–Trinajstić information content (AvgIpc) is 3.04. The van der Waals surface area contributed by atoms with E-state index in [0.29, 0.717) is 18.0 Å². The van der Waals surface area contributed by atoms with E-state index >= 15 is 0 Å². The molecule has 7 nitrogen and oxygen atoms in total. The summed E-state index contributed by atoms with van der Waals surface area (Å²) in [5.74, 6) is 0.642. The number of aromatic nitrogens is 2. The van der Waals surface area contributed by atoms with E-state index < -0.39 is 10.0 Å². The van der Waals surface area contributed by atoms with Gasteiger partial charge < -0.3 is 14.8 Å². The van der Waals surface area contributed by atoms with Gasteiger partial charge in [0.25, 0.3) is 0 Å². The number of nitrogens with two attached hydrogens (primary N) is 1. The van der Waals surface area contributed by atoms with Gasteiger partial charge in [-0.05, 0) is 19.4 Å². The standard InChI is InChI=1S/C13H20N4O3S/c1-3-4-17-9-13(6-12(17)7-14)21(18,19)15-8-11-5-10(2)20-16-11/h5-6,9,15H,3-4,7-8,14H2,1-2H3. The van der Waals surface area contributed by atoms with Crippen molar-refractivity contribution in [3.05, 3.63) is 35.5 Å². The number of hydrogen-bond acceptors (Lipinski definition) is 5. The molecule has 0 amide bonds. The van der Waals surface area contributed by atoms with E-state index in [9.17, 15) is 8.42 Å². The molecule has 0 aliphatic heterocycles. The largest absolute Gasteiger partial charge is 0.361 e. The third kappa shape index (κ3) is 3.72. The molecule has 2 aromatic heterocycles. The monoisotopic (exact) mass is 312 g/mol. The molecule has 0 bridgehead atoms. The van der Waals surface area contributed by atoms with Gasteiger partial charge >= 0.3 is 0 Å². The minimum absolute atomic E-state index is 0.0938. The third-order valence-electron chi connectivity index (χ3n) is 3.06. The number of aryl methyl sites for hydroxylation is 2. The summed E-state index contributed by atoms with van der Waals surface area (Å²) in [6.07, 6.45) is 2.52. The van der Waals surface area contributed by atoms with Crippen molar-refractivity contribution in [3.8, 4) is 0 Å². The van der Waals surface area contributed by atoms with Crippen LogP contribution in [0.5, 0.6) is 0 Å². The van der Waals surface area contributed by atoms with Gasteiger partial charge in [0.1, 0.15) is 5.76 Å². The number of sulfonamides is 1. The molecule has 0 unspecified atom stereocenters. The second-order valence-electron chi connectivity index (χ2n) is 4.82. The van der Waals surface area contributed by atoms with Crippen LogP contribution < -0.4 is 10.5 Å². The van der Waals surface area contributed by atoms with E-state index in [-0.39, 0.29) is 11.4 Å². The van der Waals surface area contributed by atoms with E-state index in [0.717, 1.165) is 18.7 Å². The van der Waals surface area contributed by atoms with Gasteiger partial charge in [-0.25, -0.2) is 13.1 Å². The van der Waals surface area contributed by atoms with Crippen LogP contribution in [0.25, 0.3) is 0 Å². The molecule has 0 fully saturated rings. The van der Waals surface area contributed by atoms with Crippen LogP contribution in [0.1, 0.15) is 30.5 Å². The van der Waals surface area contributed by atoms with Crippen molar-refractivity contribution in [2.45, 2.75) is 44.8 Å². The summed E-state index contributed by atoms with van der Waals surface area (Å²) in [4.78, 5) is 0.219. The van der Waals surface area contributed by atoms with Gasteiger partial charge in [-0.3, -0.25) is 0 Å². The van der Waals surface area contributed by atoms with E-state index in [1.165, 1.54) is 0 Å². The minimum atomic E-state index is -3.59. The van der Waals surface area contributed by atoms with Gasteiger partial charge in [-0.1, -0.05) is 12.1 Å². The van der Waals surface area contributed by atoms with Crippen LogP contribution in [-0.4, -0.2) is 18.1 Å². The van der Waals surface area contributed by atoms with Gasteiger partial charge in [0.15, 0.2) is 0 Å². The van der Waals surface area contributed by atoms with Crippen molar-refractivity contribution >= 4 is 10.0 Å². The Morgan fingerprint density at radius 1 is 1.43 bits per heavy atom. The predicted molar refractivity (Wildman–Crippen MR) is 77.9 cm³/mol. The lowest BCUT2D eigenvalue weighted by atomic mass is 10.4. The highest BCUT2D eigenvalue weighted by Crippen LogP contribution is 2.15. The van der Waals surface area contributed by atoms with Gasteiger partial charge in [0.05, 0.1) is 17.1 Å². The maximum absolute atomic E-state index is 12.3. The Bertz CT molecular complexity index is 703. The van der Waals surface area contributed by atoms with Crippen molar-refractivity contribution in [1.29, 1.82) is 0 Å². The first-order valence-corrected chi connectivity index (χ1v) is 8.25. The lowest BCUT2D eigenvalue weighted by Gasteiger charge is -2.04. The molecule has 0 radical (unpaired) electrons. The molecule has 0 saturated heterocycles. The Hall–Kier alpha value is -1.64. The van der Waals surface area contributed by atoms with Crippen molar-refractivity contribution in [1.82, 2.24) is 14.4 Å². The molecule has 21 heavy (non-hydrogen) atoms. The van der Waals surface area contributed by atoms with Crippen molar-refractivity contribution in [2.75, 3.05) is 0 Å². The summed E-state index contributed by atoms with van der Waals surface area (Å²) in [5.41, 5.74) is 6.99. The first-order valence-electron chi connectivity index (χ1n) is 6.77. The highest BCUT2D eigenvalue weighted by molar-refractivity contribution is 7.89. The van der Waals surface area contributed by atoms with E-state index in [2.05, 4.69) is 9.88 Å². The van der Waals surface area contributed by atoms with E-state index in [1.54, 1.807) is 25.3 Å². The predicted octanol–water partition coefficient (Wildman–Crippen LogP) is 1.13. The topological polar surface area (TPSA) is 103 Å². The van der Waals surface area contributed by atoms with Gasteiger partial charge in [0, 0.05) is 31.0 Å². The maximum atomic E-state index is 12.3. The van der Waals surface area contributed by atoms with E-state index in [4.69, 9.17) is 10.3 Å². The zero-order chi connectivity index (χ0) is 15.5. The molecule has 0 aliphatic carbocycles. The van der Waals surface area contributed by atoms with Crippen LogP contribution in [0.4, 0.5) is 0 Å². The molecule has 0 aromatic carbocycles. The number of rotatable bonds is 7. The van der Waals surface area contributed by atoms with Crippen LogP contribution in [0.3, 0.4) is 0 Å². The molecule has 2 aromatic rings.